The third-order valence-electron chi connectivity index (χ3n) is 3.75. The number of carbonyl (C=O) groups excluding carboxylic acids is 1. The Balaban J connectivity index is 4.51. The van der Waals surface area contributed by atoms with Gasteiger partial charge in [-0.25, -0.2) is 0 Å². The molecule has 0 bridgehead atoms. The summed E-state index contributed by atoms with van der Waals surface area (Å²) in [5, 5.41) is 3.08. The Morgan fingerprint density at radius 1 is 1.42 bits per heavy atom. The van der Waals surface area contributed by atoms with Gasteiger partial charge in [0.1, 0.15) is 5.54 Å². The van der Waals surface area contributed by atoms with E-state index >= 15 is 0 Å². The highest BCUT2D eigenvalue weighted by Crippen LogP contribution is 2.13. The van der Waals surface area contributed by atoms with Crippen LogP contribution in [0.5, 0.6) is 0 Å². The predicted molar refractivity (Wildman–Crippen MR) is 79.4 cm³/mol. The van der Waals surface area contributed by atoms with Crippen molar-refractivity contribution in [3.63, 3.8) is 0 Å². The van der Waals surface area contributed by atoms with Crippen molar-refractivity contribution < 1.29 is 9.53 Å². The zero-order chi connectivity index (χ0) is 15.1. The van der Waals surface area contributed by atoms with Crippen molar-refractivity contribution >= 4 is 5.97 Å². The lowest BCUT2D eigenvalue weighted by molar-refractivity contribution is -0.148. The predicted octanol–water partition coefficient (Wildman–Crippen LogP) is 0.800. The maximum atomic E-state index is 11.8. The first kappa shape index (κ1) is 18.4. The van der Waals surface area contributed by atoms with Crippen LogP contribution in [0.2, 0.25) is 0 Å². The second-order valence-electron chi connectivity index (χ2n) is 5.56. The molecule has 0 saturated heterocycles. The Labute approximate surface area is 118 Å². The van der Waals surface area contributed by atoms with Gasteiger partial charge >= 0.3 is 5.97 Å². The Morgan fingerprint density at radius 3 is 2.37 bits per heavy atom. The van der Waals surface area contributed by atoms with Crippen LogP contribution in [0.25, 0.3) is 0 Å². The second kappa shape index (κ2) is 8.51. The minimum absolute atomic E-state index is 0.202. The van der Waals surface area contributed by atoms with E-state index in [0.29, 0.717) is 6.04 Å². The van der Waals surface area contributed by atoms with Crippen LogP contribution in [0.3, 0.4) is 0 Å². The second-order valence-corrected chi connectivity index (χ2v) is 5.56. The number of ether oxygens (including phenoxy) is 1. The maximum absolute atomic E-state index is 11.8. The lowest BCUT2D eigenvalue weighted by atomic mass is 9.97. The monoisotopic (exact) mass is 273 g/mol. The third kappa shape index (κ3) is 5.89. The molecular formula is C14H31N3O2. The van der Waals surface area contributed by atoms with E-state index in [1.54, 1.807) is 7.05 Å². The highest BCUT2D eigenvalue weighted by atomic mass is 16.5. The van der Waals surface area contributed by atoms with Gasteiger partial charge in [-0.2, -0.15) is 0 Å². The summed E-state index contributed by atoms with van der Waals surface area (Å²) in [6.07, 6.45) is 0.738. The summed E-state index contributed by atoms with van der Waals surface area (Å²) in [4.78, 5) is 16.4. The number of nitrogens with zero attached hydrogens (tertiary/aromatic N) is 2. The molecule has 2 unspecified atom stereocenters. The number of nitrogens with one attached hydrogen (secondary N) is 1. The average molecular weight is 273 g/mol. The van der Waals surface area contributed by atoms with E-state index in [1.165, 1.54) is 7.11 Å². The first-order chi connectivity index (χ1) is 8.80. The summed E-state index contributed by atoms with van der Waals surface area (Å²) < 4.78 is 4.87. The van der Waals surface area contributed by atoms with Gasteiger partial charge in [0, 0.05) is 19.1 Å². The van der Waals surface area contributed by atoms with Gasteiger partial charge in [-0.15, -0.1) is 0 Å². The molecule has 0 spiro atoms. The number of hydrogen-bond acceptors (Lipinski definition) is 5. The van der Waals surface area contributed by atoms with Gasteiger partial charge in [0.25, 0.3) is 0 Å². The Hall–Kier alpha value is -0.650. The summed E-state index contributed by atoms with van der Waals surface area (Å²) in [6, 6.07) is 0.471. The molecule has 0 amide bonds. The number of esters is 1. The number of carbonyl (C=O) groups is 1. The minimum atomic E-state index is -0.611. The lowest BCUT2D eigenvalue weighted by Gasteiger charge is -2.33. The fraction of sp³-hybridized carbons (Fsp3) is 0.929. The average Bonchev–Trinajstić information content (AvgIpc) is 2.37. The fourth-order valence-corrected chi connectivity index (χ4v) is 2.26. The zero-order valence-electron chi connectivity index (χ0n) is 13.6. The van der Waals surface area contributed by atoms with Crippen LogP contribution in [-0.2, 0) is 9.53 Å². The zero-order valence-corrected chi connectivity index (χ0v) is 13.6. The highest BCUT2D eigenvalue weighted by Gasteiger charge is 2.33. The van der Waals surface area contributed by atoms with Crippen molar-refractivity contribution in [1.29, 1.82) is 0 Å². The molecule has 114 valence electrons. The van der Waals surface area contributed by atoms with Crippen molar-refractivity contribution in [3.05, 3.63) is 0 Å². The molecule has 0 radical (unpaired) electrons. The molecular weight excluding hydrogens is 242 g/mol. The number of likely N-dealkylation sites (N-methyl/N-ethyl adjacent to an activating group) is 3. The number of hydrogen-bond donors (Lipinski definition) is 1. The van der Waals surface area contributed by atoms with Gasteiger partial charge in [-0.05, 0) is 48.0 Å². The molecule has 0 aliphatic heterocycles. The van der Waals surface area contributed by atoms with Gasteiger partial charge in [0.05, 0.1) is 7.11 Å². The van der Waals surface area contributed by atoms with Crippen molar-refractivity contribution in [1.82, 2.24) is 15.1 Å². The molecule has 0 aliphatic carbocycles. The minimum Gasteiger partial charge on any atom is -0.468 e. The van der Waals surface area contributed by atoms with E-state index in [4.69, 9.17) is 4.74 Å². The highest BCUT2D eigenvalue weighted by molar-refractivity contribution is 5.80. The smallest absolute Gasteiger partial charge is 0.325 e. The molecule has 0 saturated carbocycles. The van der Waals surface area contributed by atoms with Gasteiger partial charge in [-0.3, -0.25) is 9.69 Å². The van der Waals surface area contributed by atoms with Crippen molar-refractivity contribution in [2.24, 2.45) is 0 Å². The van der Waals surface area contributed by atoms with E-state index in [0.717, 1.165) is 26.1 Å². The molecule has 0 aliphatic rings. The van der Waals surface area contributed by atoms with Gasteiger partial charge in [0.2, 0.25) is 0 Å². The third-order valence-corrected chi connectivity index (χ3v) is 3.75. The Morgan fingerprint density at radius 2 is 2.00 bits per heavy atom. The van der Waals surface area contributed by atoms with Crippen LogP contribution in [-0.4, -0.2) is 75.2 Å². The number of rotatable bonds is 9. The molecule has 1 N–H and O–H groups in total. The van der Waals surface area contributed by atoms with E-state index < -0.39 is 5.54 Å². The molecule has 0 heterocycles. The molecule has 0 aromatic carbocycles. The quantitative estimate of drug-likeness (QED) is 0.630. The summed E-state index contributed by atoms with van der Waals surface area (Å²) in [7, 11) is 7.40. The molecule has 0 aromatic heterocycles. The SMILES string of the molecule is CCN(CCC(C)(NC)C(=O)OC)C(C)CN(C)C. The van der Waals surface area contributed by atoms with Crippen molar-refractivity contribution in [3.8, 4) is 0 Å². The van der Waals surface area contributed by atoms with Crippen LogP contribution >= 0.6 is 0 Å². The molecule has 0 fully saturated rings. The van der Waals surface area contributed by atoms with Crippen molar-refractivity contribution in [2.75, 3.05) is 47.9 Å². The van der Waals surface area contributed by atoms with Crippen molar-refractivity contribution in [2.45, 2.75) is 38.8 Å². The van der Waals surface area contributed by atoms with E-state index in [1.807, 2.05) is 6.92 Å². The van der Waals surface area contributed by atoms with Crippen LogP contribution < -0.4 is 5.32 Å². The van der Waals surface area contributed by atoms with Gasteiger partial charge in [0.15, 0.2) is 0 Å². The van der Waals surface area contributed by atoms with E-state index in [9.17, 15) is 4.79 Å². The fourth-order valence-electron chi connectivity index (χ4n) is 2.26. The van der Waals surface area contributed by atoms with E-state index in [-0.39, 0.29) is 5.97 Å². The van der Waals surface area contributed by atoms with Crippen LogP contribution in [0.1, 0.15) is 27.2 Å². The molecule has 19 heavy (non-hydrogen) atoms. The Kier molecular flexibility index (Phi) is 8.22. The first-order valence-electron chi connectivity index (χ1n) is 6.96. The summed E-state index contributed by atoms with van der Waals surface area (Å²) in [5.41, 5.74) is -0.611. The summed E-state index contributed by atoms with van der Waals surface area (Å²) in [6.45, 7) is 9.14. The summed E-state index contributed by atoms with van der Waals surface area (Å²) in [5.74, 6) is -0.202. The first-order valence-corrected chi connectivity index (χ1v) is 6.96. The lowest BCUT2D eigenvalue weighted by Crippen LogP contribution is -2.51. The maximum Gasteiger partial charge on any atom is 0.325 e. The normalized spacial score (nSPS) is 16.5. The Bertz CT molecular complexity index is 271. The van der Waals surface area contributed by atoms with E-state index in [2.05, 4.69) is 43.1 Å². The standard InChI is InChI=1S/C14H31N3O2/c1-8-17(12(2)11-16(5)6)10-9-14(3,15-4)13(18)19-7/h12,15H,8-11H2,1-7H3. The molecule has 0 aromatic rings. The molecule has 5 heteroatoms. The summed E-state index contributed by atoms with van der Waals surface area (Å²) >= 11 is 0. The molecule has 2 atom stereocenters. The van der Waals surface area contributed by atoms with Gasteiger partial charge < -0.3 is 15.0 Å². The molecule has 5 nitrogen and oxygen atoms in total. The topological polar surface area (TPSA) is 44.8 Å². The van der Waals surface area contributed by atoms with Gasteiger partial charge in [-0.1, -0.05) is 6.92 Å². The van der Waals surface area contributed by atoms with Crippen LogP contribution in [0.15, 0.2) is 0 Å². The van der Waals surface area contributed by atoms with Crippen LogP contribution in [0, 0.1) is 0 Å². The largest absolute Gasteiger partial charge is 0.468 e. The molecule has 0 rings (SSSR count). The number of methoxy groups -OCH3 is 1. The van der Waals surface area contributed by atoms with Crippen LogP contribution in [0.4, 0.5) is 0 Å².